The molecule has 1 aromatic rings. The average molecular weight is 305 g/mol. The van der Waals surface area contributed by atoms with Crippen molar-refractivity contribution in [3.05, 3.63) is 29.3 Å². The molecule has 1 aliphatic rings. The quantitative estimate of drug-likeness (QED) is 0.889. The van der Waals surface area contributed by atoms with Gasteiger partial charge in [-0.2, -0.15) is 12.7 Å². The van der Waals surface area contributed by atoms with E-state index in [1.807, 2.05) is 0 Å². The summed E-state index contributed by atoms with van der Waals surface area (Å²) in [5.41, 5.74) is 0.443. The van der Waals surface area contributed by atoms with Crippen LogP contribution < -0.4 is 4.72 Å². The van der Waals surface area contributed by atoms with Gasteiger partial charge in [0.25, 0.3) is 0 Å². The maximum absolute atomic E-state index is 12.2. The van der Waals surface area contributed by atoms with Crippen molar-refractivity contribution in [3.8, 4) is 0 Å². The fraction of sp³-hybridized carbons (Fsp3) is 0.500. The summed E-state index contributed by atoms with van der Waals surface area (Å²) in [5, 5.41) is 9.62. The van der Waals surface area contributed by atoms with Crippen LogP contribution in [0.25, 0.3) is 0 Å². The number of piperidine rings is 1. The number of hydrogen-bond acceptors (Lipinski definition) is 3. The summed E-state index contributed by atoms with van der Waals surface area (Å²) in [6.07, 6.45) is 1.63. The monoisotopic (exact) mass is 304 g/mol. The summed E-state index contributed by atoms with van der Waals surface area (Å²) >= 11 is 5.82. The van der Waals surface area contributed by atoms with Crippen LogP contribution in [-0.4, -0.2) is 37.5 Å². The number of anilines is 1. The van der Waals surface area contributed by atoms with Crippen LogP contribution >= 0.6 is 11.6 Å². The number of hydrogen-bond donors (Lipinski definition) is 2. The molecule has 1 heterocycles. The van der Waals surface area contributed by atoms with Gasteiger partial charge in [0.2, 0.25) is 0 Å². The predicted octanol–water partition coefficient (Wildman–Crippen LogP) is 1.70. The minimum absolute atomic E-state index is 0.0170. The van der Waals surface area contributed by atoms with E-state index >= 15 is 0 Å². The van der Waals surface area contributed by atoms with Crippen molar-refractivity contribution >= 4 is 27.5 Å². The van der Waals surface area contributed by atoms with E-state index in [0.29, 0.717) is 23.8 Å². The summed E-state index contributed by atoms with van der Waals surface area (Å²) in [5.74, 6) is 0.0182. The molecule has 1 fully saturated rings. The van der Waals surface area contributed by atoms with Crippen LogP contribution in [0.2, 0.25) is 5.02 Å². The highest BCUT2D eigenvalue weighted by Gasteiger charge is 2.28. The Morgan fingerprint density at radius 1 is 1.47 bits per heavy atom. The summed E-state index contributed by atoms with van der Waals surface area (Å²) in [6.45, 7) is 0.849. The molecule has 19 heavy (non-hydrogen) atoms. The summed E-state index contributed by atoms with van der Waals surface area (Å²) in [7, 11) is -3.58. The second-order valence-corrected chi connectivity index (χ2v) is 6.77. The van der Waals surface area contributed by atoms with Crippen LogP contribution in [0.5, 0.6) is 0 Å². The smallest absolute Gasteiger partial charge is 0.301 e. The molecule has 0 bridgehead atoms. The maximum atomic E-state index is 12.2. The van der Waals surface area contributed by atoms with E-state index in [-0.39, 0.29) is 12.5 Å². The number of benzene rings is 1. The molecular formula is C12H17ClN2O3S. The highest BCUT2D eigenvalue weighted by atomic mass is 35.5. The van der Waals surface area contributed by atoms with Crippen molar-refractivity contribution in [2.24, 2.45) is 5.92 Å². The van der Waals surface area contributed by atoms with Crippen LogP contribution in [-0.2, 0) is 10.2 Å². The molecule has 2 N–H and O–H groups in total. The van der Waals surface area contributed by atoms with Gasteiger partial charge in [-0.25, -0.2) is 0 Å². The fourth-order valence-corrected chi connectivity index (χ4v) is 3.68. The van der Waals surface area contributed by atoms with Crippen LogP contribution in [0.15, 0.2) is 24.3 Å². The number of nitrogens with zero attached hydrogens (tertiary/aromatic N) is 1. The molecule has 0 spiro atoms. The standard InChI is InChI=1S/C12H17ClN2O3S/c13-11-4-1-5-12(7-11)14-19(17,18)15-6-2-3-10(8-15)9-16/h1,4-5,7,10,14,16H,2-3,6,8-9H2. The lowest BCUT2D eigenvalue weighted by atomic mass is 10.0. The molecule has 2 rings (SSSR count). The number of rotatable bonds is 4. The minimum Gasteiger partial charge on any atom is -0.396 e. The Labute approximate surface area is 118 Å². The minimum atomic E-state index is -3.58. The van der Waals surface area contributed by atoms with Crippen LogP contribution in [0, 0.1) is 5.92 Å². The van der Waals surface area contributed by atoms with Crippen molar-refractivity contribution in [2.75, 3.05) is 24.4 Å². The Balaban J connectivity index is 2.09. The molecule has 0 amide bonds. The van der Waals surface area contributed by atoms with E-state index in [1.54, 1.807) is 24.3 Å². The molecule has 0 saturated carbocycles. The lowest BCUT2D eigenvalue weighted by Crippen LogP contribution is -2.43. The first-order chi connectivity index (χ1) is 9.01. The molecule has 1 unspecified atom stereocenters. The Bertz CT molecular complexity index is 536. The first-order valence-electron chi connectivity index (χ1n) is 6.15. The van der Waals surface area contributed by atoms with E-state index in [0.717, 1.165) is 12.8 Å². The highest BCUT2D eigenvalue weighted by Crippen LogP contribution is 2.21. The Morgan fingerprint density at radius 2 is 2.26 bits per heavy atom. The topological polar surface area (TPSA) is 69.6 Å². The lowest BCUT2D eigenvalue weighted by Gasteiger charge is -2.31. The van der Waals surface area contributed by atoms with E-state index in [1.165, 1.54) is 4.31 Å². The summed E-state index contributed by atoms with van der Waals surface area (Å²) < 4.78 is 28.3. The number of aliphatic hydroxyl groups is 1. The van der Waals surface area contributed by atoms with Crippen LogP contribution in [0.3, 0.4) is 0 Å². The Morgan fingerprint density at radius 3 is 2.95 bits per heavy atom. The van der Waals surface area contributed by atoms with E-state index in [2.05, 4.69) is 4.72 Å². The van der Waals surface area contributed by atoms with Crippen LogP contribution in [0.1, 0.15) is 12.8 Å². The van der Waals surface area contributed by atoms with Gasteiger partial charge in [-0.3, -0.25) is 4.72 Å². The van der Waals surface area contributed by atoms with Gasteiger partial charge in [0, 0.05) is 24.7 Å². The predicted molar refractivity (Wildman–Crippen MR) is 75.4 cm³/mol. The lowest BCUT2D eigenvalue weighted by molar-refractivity contribution is 0.166. The molecule has 106 valence electrons. The van der Waals surface area contributed by atoms with Crippen molar-refractivity contribution < 1.29 is 13.5 Å². The zero-order chi connectivity index (χ0) is 13.9. The first kappa shape index (κ1) is 14.6. The summed E-state index contributed by atoms with van der Waals surface area (Å²) in [4.78, 5) is 0. The third-order valence-corrected chi connectivity index (χ3v) is 4.89. The zero-order valence-corrected chi connectivity index (χ0v) is 12.0. The molecule has 1 aliphatic heterocycles. The first-order valence-corrected chi connectivity index (χ1v) is 7.97. The SMILES string of the molecule is O=S(=O)(Nc1cccc(Cl)c1)N1CCCC(CO)C1. The second kappa shape index (κ2) is 6.09. The molecule has 1 saturated heterocycles. The molecule has 0 aliphatic carbocycles. The van der Waals surface area contributed by atoms with Crippen molar-refractivity contribution in [1.82, 2.24) is 4.31 Å². The molecule has 0 radical (unpaired) electrons. The fourth-order valence-electron chi connectivity index (χ4n) is 2.16. The largest absolute Gasteiger partial charge is 0.396 e. The average Bonchev–Trinajstić information content (AvgIpc) is 2.38. The van der Waals surface area contributed by atoms with E-state index < -0.39 is 10.2 Å². The van der Waals surface area contributed by atoms with Gasteiger partial charge in [0.1, 0.15) is 0 Å². The molecule has 1 atom stereocenters. The van der Waals surface area contributed by atoms with Gasteiger partial charge >= 0.3 is 10.2 Å². The van der Waals surface area contributed by atoms with Crippen molar-refractivity contribution in [1.29, 1.82) is 0 Å². The van der Waals surface area contributed by atoms with E-state index in [9.17, 15) is 8.42 Å². The van der Waals surface area contributed by atoms with Gasteiger partial charge in [0.05, 0.1) is 5.69 Å². The number of aliphatic hydroxyl groups excluding tert-OH is 1. The summed E-state index contributed by atoms with van der Waals surface area (Å²) in [6, 6.07) is 6.58. The highest BCUT2D eigenvalue weighted by molar-refractivity contribution is 7.90. The van der Waals surface area contributed by atoms with Gasteiger partial charge < -0.3 is 5.11 Å². The molecular weight excluding hydrogens is 288 g/mol. The molecule has 7 heteroatoms. The maximum Gasteiger partial charge on any atom is 0.301 e. The molecule has 0 aromatic heterocycles. The van der Waals surface area contributed by atoms with Gasteiger partial charge in [-0.1, -0.05) is 17.7 Å². The third kappa shape index (κ3) is 3.82. The van der Waals surface area contributed by atoms with E-state index in [4.69, 9.17) is 16.7 Å². The normalized spacial score (nSPS) is 21.3. The second-order valence-electron chi connectivity index (χ2n) is 4.67. The number of halogens is 1. The Hall–Kier alpha value is -0.820. The Kier molecular flexibility index (Phi) is 4.67. The number of nitrogens with one attached hydrogen (secondary N) is 1. The van der Waals surface area contributed by atoms with Crippen molar-refractivity contribution in [3.63, 3.8) is 0 Å². The van der Waals surface area contributed by atoms with Gasteiger partial charge in [0.15, 0.2) is 0 Å². The van der Waals surface area contributed by atoms with Gasteiger partial charge in [-0.05, 0) is 37.0 Å². The third-order valence-electron chi connectivity index (χ3n) is 3.15. The molecule has 5 nitrogen and oxygen atoms in total. The zero-order valence-electron chi connectivity index (χ0n) is 10.4. The van der Waals surface area contributed by atoms with Crippen LogP contribution in [0.4, 0.5) is 5.69 Å². The van der Waals surface area contributed by atoms with Gasteiger partial charge in [-0.15, -0.1) is 0 Å². The van der Waals surface area contributed by atoms with Crippen molar-refractivity contribution in [2.45, 2.75) is 12.8 Å². The molecule has 1 aromatic carbocycles.